The molecule has 0 aliphatic carbocycles. The molecule has 3 N–H and O–H groups in total. The maximum absolute atomic E-state index is 12.3. The second-order valence-electron chi connectivity index (χ2n) is 5.93. The molecular formula is C17H21N3O3S2. The lowest BCUT2D eigenvalue weighted by Gasteiger charge is -2.12. The normalized spacial score (nSPS) is 17.5. The molecule has 2 aromatic rings. The van der Waals surface area contributed by atoms with Gasteiger partial charge in [0.15, 0.2) is 0 Å². The van der Waals surface area contributed by atoms with E-state index in [1.807, 2.05) is 17.5 Å². The number of amides is 1. The highest BCUT2D eigenvalue weighted by Gasteiger charge is 2.17. The Kier molecular flexibility index (Phi) is 5.85. The zero-order valence-corrected chi connectivity index (χ0v) is 15.3. The molecule has 2 heterocycles. The summed E-state index contributed by atoms with van der Waals surface area (Å²) < 4.78 is 27.1. The lowest BCUT2D eigenvalue weighted by atomic mass is 10.2. The van der Waals surface area contributed by atoms with Gasteiger partial charge in [0.2, 0.25) is 10.0 Å². The highest BCUT2D eigenvalue weighted by molar-refractivity contribution is 7.89. The van der Waals surface area contributed by atoms with Crippen molar-refractivity contribution in [2.45, 2.75) is 30.3 Å². The number of carbonyl (C=O) groups is 1. The van der Waals surface area contributed by atoms with E-state index in [1.54, 1.807) is 0 Å². The summed E-state index contributed by atoms with van der Waals surface area (Å²) in [7, 11) is -3.59. The monoisotopic (exact) mass is 379 g/mol. The Labute approximate surface area is 151 Å². The zero-order valence-electron chi connectivity index (χ0n) is 13.7. The molecule has 1 amide bonds. The van der Waals surface area contributed by atoms with Gasteiger partial charge >= 0.3 is 0 Å². The van der Waals surface area contributed by atoms with E-state index in [0.717, 1.165) is 24.3 Å². The van der Waals surface area contributed by atoms with E-state index in [1.165, 1.54) is 35.6 Å². The number of hydrogen-bond donors (Lipinski definition) is 3. The summed E-state index contributed by atoms with van der Waals surface area (Å²) in [4.78, 5) is 13.2. The van der Waals surface area contributed by atoms with Gasteiger partial charge in [0, 0.05) is 29.6 Å². The van der Waals surface area contributed by atoms with Crippen LogP contribution in [0.5, 0.6) is 0 Å². The highest BCUT2D eigenvalue weighted by Crippen LogP contribution is 2.13. The smallest absolute Gasteiger partial charge is 0.251 e. The van der Waals surface area contributed by atoms with Crippen molar-refractivity contribution in [3.8, 4) is 0 Å². The Morgan fingerprint density at radius 3 is 2.68 bits per heavy atom. The fourth-order valence-corrected chi connectivity index (χ4v) is 4.44. The Morgan fingerprint density at radius 2 is 2.04 bits per heavy atom. The van der Waals surface area contributed by atoms with Gasteiger partial charge in [-0.25, -0.2) is 13.1 Å². The Bertz CT molecular complexity index is 796. The number of benzene rings is 1. The lowest BCUT2D eigenvalue weighted by Crippen LogP contribution is -2.37. The van der Waals surface area contributed by atoms with Crippen LogP contribution in [-0.2, 0) is 16.6 Å². The summed E-state index contributed by atoms with van der Waals surface area (Å²) in [5.74, 6) is -0.191. The molecule has 25 heavy (non-hydrogen) atoms. The minimum absolute atomic E-state index is 0.151. The second-order valence-corrected chi connectivity index (χ2v) is 8.73. The predicted octanol–water partition coefficient (Wildman–Crippen LogP) is 1.71. The average Bonchev–Trinajstić information content (AvgIpc) is 3.31. The maximum Gasteiger partial charge on any atom is 0.251 e. The molecule has 0 radical (unpaired) electrons. The van der Waals surface area contributed by atoms with Crippen molar-refractivity contribution in [2.75, 3.05) is 13.1 Å². The van der Waals surface area contributed by atoms with Gasteiger partial charge in [-0.3, -0.25) is 4.79 Å². The van der Waals surface area contributed by atoms with Crippen molar-refractivity contribution in [2.24, 2.45) is 0 Å². The Balaban J connectivity index is 1.57. The molecule has 3 rings (SSSR count). The molecule has 1 atom stereocenters. The van der Waals surface area contributed by atoms with E-state index in [0.29, 0.717) is 18.2 Å². The summed E-state index contributed by atoms with van der Waals surface area (Å²) in [6, 6.07) is 10.1. The molecule has 1 saturated heterocycles. The maximum atomic E-state index is 12.3. The molecule has 1 aliphatic rings. The van der Waals surface area contributed by atoms with E-state index in [9.17, 15) is 13.2 Å². The van der Waals surface area contributed by atoms with Crippen LogP contribution in [0.1, 0.15) is 28.1 Å². The first-order valence-electron chi connectivity index (χ1n) is 8.18. The number of hydrogen-bond acceptors (Lipinski definition) is 5. The standard InChI is InChI=1S/C17H21N3O3S2/c21-17(19-11-14-3-1-9-18-14)13-5-7-16(8-6-13)25(22,23)20-12-15-4-2-10-24-15/h2,4-8,10,14,18,20H,1,3,9,11-12H2,(H,19,21). The second kappa shape index (κ2) is 8.09. The van der Waals surface area contributed by atoms with Crippen LogP contribution in [0.25, 0.3) is 0 Å². The minimum Gasteiger partial charge on any atom is -0.350 e. The van der Waals surface area contributed by atoms with Gasteiger partial charge in [-0.1, -0.05) is 6.07 Å². The number of rotatable bonds is 7. The third kappa shape index (κ3) is 4.88. The van der Waals surface area contributed by atoms with Gasteiger partial charge in [0.1, 0.15) is 0 Å². The van der Waals surface area contributed by atoms with Crippen LogP contribution in [0.2, 0.25) is 0 Å². The van der Waals surface area contributed by atoms with Crippen LogP contribution in [0, 0.1) is 0 Å². The third-order valence-electron chi connectivity index (χ3n) is 4.11. The summed E-state index contributed by atoms with van der Waals surface area (Å²) >= 11 is 1.50. The Hall–Kier alpha value is -1.74. The molecule has 0 bridgehead atoms. The first kappa shape index (κ1) is 18.1. The Morgan fingerprint density at radius 1 is 1.24 bits per heavy atom. The summed E-state index contributed by atoms with van der Waals surface area (Å²) in [6.07, 6.45) is 2.19. The van der Waals surface area contributed by atoms with E-state index in [4.69, 9.17) is 0 Å². The van der Waals surface area contributed by atoms with Gasteiger partial charge < -0.3 is 10.6 Å². The van der Waals surface area contributed by atoms with Gasteiger partial charge in [-0.05, 0) is 55.1 Å². The SMILES string of the molecule is O=C(NCC1CCCN1)c1ccc(S(=O)(=O)NCc2cccs2)cc1. The zero-order chi connectivity index (χ0) is 17.7. The summed E-state index contributed by atoms with van der Waals surface area (Å²) in [6.45, 7) is 1.84. The van der Waals surface area contributed by atoms with Crippen molar-refractivity contribution in [1.82, 2.24) is 15.4 Å². The predicted molar refractivity (Wildman–Crippen MR) is 98.1 cm³/mol. The number of carbonyl (C=O) groups excluding carboxylic acids is 1. The van der Waals surface area contributed by atoms with Crippen molar-refractivity contribution >= 4 is 27.3 Å². The van der Waals surface area contributed by atoms with Crippen LogP contribution in [-0.4, -0.2) is 33.5 Å². The molecule has 1 aromatic heterocycles. The van der Waals surface area contributed by atoms with Gasteiger partial charge in [-0.2, -0.15) is 0 Å². The van der Waals surface area contributed by atoms with E-state index < -0.39 is 10.0 Å². The summed E-state index contributed by atoms with van der Waals surface area (Å²) in [5, 5.41) is 8.10. The van der Waals surface area contributed by atoms with E-state index >= 15 is 0 Å². The fourth-order valence-electron chi connectivity index (χ4n) is 2.70. The molecule has 0 spiro atoms. The minimum atomic E-state index is -3.59. The van der Waals surface area contributed by atoms with Crippen LogP contribution in [0.15, 0.2) is 46.7 Å². The first-order valence-corrected chi connectivity index (χ1v) is 10.5. The molecule has 8 heteroatoms. The van der Waals surface area contributed by atoms with Crippen LogP contribution in [0.3, 0.4) is 0 Å². The molecule has 1 unspecified atom stereocenters. The molecular weight excluding hydrogens is 358 g/mol. The van der Waals surface area contributed by atoms with Crippen molar-refractivity contribution < 1.29 is 13.2 Å². The van der Waals surface area contributed by atoms with Gasteiger partial charge in [0.25, 0.3) is 5.91 Å². The number of nitrogens with one attached hydrogen (secondary N) is 3. The number of sulfonamides is 1. The summed E-state index contributed by atoms with van der Waals surface area (Å²) in [5.41, 5.74) is 0.454. The van der Waals surface area contributed by atoms with Crippen LogP contribution in [0.4, 0.5) is 0 Å². The topological polar surface area (TPSA) is 87.3 Å². The molecule has 1 fully saturated rings. The van der Waals surface area contributed by atoms with Crippen molar-refractivity contribution in [3.63, 3.8) is 0 Å². The van der Waals surface area contributed by atoms with E-state index in [-0.39, 0.29) is 17.3 Å². The molecule has 134 valence electrons. The quantitative estimate of drug-likeness (QED) is 0.683. The van der Waals surface area contributed by atoms with Crippen LogP contribution >= 0.6 is 11.3 Å². The molecule has 6 nitrogen and oxygen atoms in total. The third-order valence-corrected chi connectivity index (χ3v) is 6.41. The van der Waals surface area contributed by atoms with E-state index in [2.05, 4.69) is 15.4 Å². The van der Waals surface area contributed by atoms with Crippen molar-refractivity contribution in [1.29, 1.82) is 0 Å². The largest absolute Gasteiger partial charge is 0.350 e. The fraction of sp³-hybridized carbons (Fsp3) is 0.353. The highest BCUT2D eigenvalue weighted by atomic mass is 32.2. The van der Waals surface area contributed by atoms with Crippen molar-refractivity contribution in [3.05, 3.63) is 52.2 Å². The van der Waals surface area contributed by atoms with Crippen LogP contribution < -0.4 is 15.4 Å². The van der Waals surface area contributed by atoms with Gasteiger partial charge in [-0.15, -0.1) is 11.3 Å². The molecule has 1 aromatic carbocycles. The average molecular weight is 380 g/mol. The first-order chi connectivity index (χ1) is 12.0. The number of thiophene rings is 1. The molecule has 0 saturated carbocycles. The molecule has 1 aliphatic heterocycles. The van der Waals surface area contributed by atoms with Gasteiger partial charge in [0.05, 0.1) is 4.90 Å². The lowest BCUT2D eigenvalue weighted by molar-refractivity contribution is 0.0950.